The van der Waals surface area contributed by atoms with Gasteiger partial charge in [-0.15, -0.1) is 0 Å². The van der Waals surface area contributed by atoms with Gasteiger partial charge in [0.05, 0.1) is 6.61 Å². The number of rotatable bonds is 6. The fourth-order valence-electron chi connectivity index (χ4n) is 3.35. The Balaban J connectivity index is 1.71. The van der Waals surface area contributed by atoms with Gasteiger partial charge in [-0.25, -0.2) is 0 Å². The van der Waals surface area contributed by atoms with Gasteiger partial charge in [0.2, 0.25) is 0 Å². The molecule has 2 aliphatic carbocycles. The molecule has 0 bridgehead atoms. The van der Waals surface area contributed by atoms with Gasteiger partial charge >= 0.3 is 0 Å². The highest BCUT2D eigenvalue weighted by molar-refractivity contribution is 5.43. The average Bonchev–Trinajstić information content (AvgIpc) is 2.43. The summed E-state index contributed by atoms with van der Waals surface area (Å²) in [6, 6.07) is 7.16. The number of fused-ring (bicyclic) bond motifs is 1. The van der Waals surface area contributed by atoms with Crippen LogP contribution in [0.4, 0.5) is 0 Å². The molecule has 0 radical (unpaired) electrons. The predicted molar refractivity (Wildman–Crippen MR) is 83.3 cm³/mol. The van der Waals surface area contributed by atoms with Gasteiger partial charge in [-0.2, -0.15) is 0 Å². The van der Waals surface area contributed by atoms with Crippen molar-refractivity contribution >= 4 is 0 Å². The van der Waals surface area contributed by atoms with Gasteiger partial charge in [0.15, 0.2) is 0 Å². The molecule has 20 heavy (non-hydrogen) atoms. The first-order valence-electron chi connectivity index (χ1n) is 8.36. The molecule has 1 aromatic carbocycles. The predicted octanol–water partition coefficient (Wildman–Crippen LogP) is 4.24. The first-order valence-corrected chi connectivity index (χ1v) is 8.36. The van der Waals surface area contributed by atoms with E-state index in [0.29, 0.717) is 6.04 Å². The summed E-state index contributed by atoms with van der Waals surface area (Å²) in [6.45, 7) is 4.26. The van der Waals surface area contributed by atoms with E-state index >= 15 is 0 Å². The van der Waals surface area contributed by atoms with Crippen molar-refractivity contribution in [1.82, 2.24) is 5.32 Å². The van der Waals surface area contributed by atoms with Crippen LogP contribution in [0.1, 0.15) is 62.6 Å². The second-order valence-electron chi connectivity index (χ2n) is 6.33. The second-order valence-corrected chi connectivity index (χ2v) is 6.33. The summed E-state index contributed by atoms with van der Waals surface area (Å²) in [7, 11) is 0. The Labute approximate surface area is 122 Å². The van der Waals surface area contributed by atoms with Gasteiger partial charge in [0.25, 0.3) is 0 Å². The zero-order valence-corrected chi connectivity index (χ0v) is 12.7. The topological polar surface area (TPSA) is 21.3 Å². The van der Waals surface area contributed by atoms with Gasteiger partial charge < -0.3 is 10.1 Å². The summed E-state index contributed by atoms with van der Waals surface area (Å²) < 4.78 is 6.13. The molecule has 110 valence electrons. The van der Waals surface area contributed by atoms with Gasteiger partial charge in [-0.3, -0.25) is 0 Å². The molecule has 0 amide bonds. The van der Waals surface area contributed by atoms with E-state index in [9.17, 15) is 0 Å². The highest BCUT2D eigenvalue weighted by Gasteiger charge is 2.23. The molecule has 1 fully saturated rings. The maximum Gasteiger partial charge on any atom is 0.122 e. The van der Waals surface area contributed by atoms with Crippen molar-refractivity contribution in [3.63, 3.8) is 0 Å². The zero-order valence-electron chi connectivity index (χ0n) is 12.7. The maximum absolute atomic E-state index is 6.13. The van der Waals surface area contributed by atoms with Gasteiger partial charge in [-0.05, 0) is 68.2 Å². The highest BCUT2D eigenvalue weighted by atomic mass is 16.5. The van der Waals surface area contributed by atoms with Crippen LogP contribution in [0.3, 0.4) is 0 Å². The molecule has 0 aliphatic heterocycles. The van der Waals surface area contributed by atoms with Crippen molar-refractivity contribution in [2.24, 2.45) is 5.92 Å². The number of hydrogen-bond acceptors (Lipinski definition) is 2. The van der Waals surface area contributed by atoms with E-state index in [1.165, 1.54) is 56.1 Å². The van der Waals surface area contributed by atoms with Crippen molar-refractivity contribution in [3.05, 3.63) is 29.3 Å². The largest absolute Gasteiger partial charge is 0.493 e. The number of nitrogens with one attached hydrogen (secondary N) is 1. The van der Waals surface area contributed by atoms with Gasteiger partial charge in [-0.1, -0.05) is 25.5 Å². The molecule has 0 aromatic heterocycles. The normalized spacial score (nSPS) is 22.1. The van der Waals surface area contributed by atoms with Crippen molar-refractivity contribution in [1.29, 1.82) is 0 Å². The fourth-order valence-corrected chi connectivity index (χ4v) is 3.35. The first kappa shape index (κ1) is 13.9. The smallest absolute Gasteiger partial charge is 0.122 e. The van der Waals surface area contributed by atoms with Crippen LogP contribution < -0.4 is 10.1 Å². The SMILES string of the molecule is CCCNC1CCCc2c(OCC3CCC3)cccc21. The third-order valence-electron chi connectivity index (χ3n) is 4.80. The molecular formula is C18H27NO. The van der Waals surface area contributed by atoms with E-state index in [4.69, 9.17) is 4.74 Å². The summed E-state index contributed by atoms with van der Waals surface area (Å²) in [5.41, 5.74) is 2.95. The lowest BCUT2D eigenvalue weighted by molar-refractivity contribution is 0.179. The molecular weight excluding hydrogens is 246 g/mol. The van der Waals surface area contributed by atoms with E-state index in [2.05, 4.69) is 30.4 Å². The number of ether oxygens (including phenoxy) is 1. The van der Waals surface area contributed by atoms with Crippen molar-refractivity contribution in [3.8, 4) is 5.75 Å². The monoisotopic (exact) mass is 273 g/mol. The molecule has 0 spiro atoms. The molecule has 2 heteroatoms. The third kappa shape index (κ3) is 3.01. The Morgan fingerprint density at radius 2 is 2.10 bits per heavy atom. The lowest BCUT2D eigenvalue weighted by Gasteiger charge is -2.30. The summed E-state index contributed by atoms with van der Waals surface area (Å²) in [4.78, 5) is 0. The number of hydrogen-bond donors (Lipinski definition) is 1. The van der Waals surface area contributed by atoms with Crippen LogP contribution in [-0.2, 0) is 6.42 Å². The number of benzene rings is 1. The van der Waals surface area contributed by atoms with Crippen molar-refractivity contribution in [2.45, 2.75) is 57.9 Å². The van der Waals surface area contributed by atoms with Crippen LogP contribution in [0.2, 0.25) is 0 Å². The Morgan fingerprint density at radius 1 is 1.20 bits per heavy atom. The van der Waals surface area contributed by atoms with Crippen molar-refractivity contribution < 1.29 is 4.74 Å². The van der Waals surface area contributed by atoms with Crippen molar-refractivity contribution in [2.75, 3.05) is 13.2 Å². The lowest BCUT2D eigenvalue weighted by Crippen LogP contribution is -2.26. The molecule has 0 heterocycles. The minimum atomic E-state index is 0.533. The van der Waals surface area contributed by atoms with Crippen LogP contribution in [0, 0.1) is 5.92 Å². The van der Waals surface area contributed by atoms with Gasteiger partial charge in [0, 0.05) is 6.04 Å². The average molecular weight is 273 g/mol. The Morgan fingerprint density at radius 3 is 2.85 bits per heavy atom. The molecule has 3 rings (SSSR count). The van der Waals surface area contributed by atoms with E-state index in [1.54, 1.807) is 0 Å². The van der Waals surface area contributed by atoms with Gasteiger partial charge in [0.1, 0.15) is 5.75 Å². The Hall–Kier alpha value is -1.02. The Kier molecular flexibility index (Phi) is 4.62. The maximum atomic E-state index is 6.13. The van der Waals surface area contributed by atoms with Crippen LogP contribution in [0.25, 0.3) is 0 Å². The zero-order chi connectivity index (χ0) is 13.8. The molecule has 1 atom stereocenters. The van der Waals surface area contributed by atoms with E-state index in [0.717, 1.165) is 24.8 Å². The lowest BCUT2D eigenvalue weighted by atomic mass is 9.85. The molecule has 2 nitrogen and oxygen atoms in total. The molecule has 1 N–H and O–H groups in total. The minimum Gasteiger partial charge on any atom is -0.493 e. The van der Waals surface area contributed by atoms with Crippen LogP contribution >= 0.6 is 0 Å². The van der Waals surface area contributed by atoms with Crippen LogP contribution in [-0.4, -0.2) is 13.2 Å². The van der Waals surface area contributed by atoms with E-state index in [1.807, 2.05) is 0 Å². The molecule has 1 aromatic rings. The quantitative estimate of drug-likeness (QED) is 0.837. The summed E-state index contributed by atoms with van der Waals surface area (Å²) in [6.07, 6.45) is 9.02. The fraction of sp³-hybridized carbons (Fsp3) is 0.667. The summed E-state index contributed by atoms with van der Waals surface area (Å²) in [5.74, 6) is 1.96. The standard InChI is InChI=1S/C18H27NO/c1-2-12-19-17-10-4-9-16-15(17)8-5-11-18(16)20-13-14-6-3-7-14/h5,8,11,14,17,19H,2-4,6-7,9-10,12-13H2,1H3. The van der Waals surface area contributed by atoms with E-state index < -0.39 is 0 Å². The van der Waals surface area contributed by atoms with Crippen LogP contribution in [0.5, 0.6) is 5.75 Å². The Bertz CT molecular complexity index is 439. The first-order chi connectivity index (χ1) is 9.88. The third-order valence-corrected chi connectivity index (χ3v) is 4.80. The molecule has 1 saturated carbocycles. The summed E-state index contributed by atoms with van der Waals surface area (Å²) in [5, 5.41) is 3.69. The second kappa shape index (κ2) is 6.62. The summed E-state index contributed by atoms with van der Waals surface area (Å²) >= 11 is 0. The van der Waals surface area contributed by atoms with E-state index in [-0.39, 0.29) is 0 Å². The molecule has 2 aliphatic rings. The minimum absolute atomic E-state index is 0.533. The molecule has 0 saturated heterocycles. The van der Waals surface area contributed by atoms with Crippen LogP contribution in [0.15, 0.2) is 18.2 Å². The highest BCUT2D eigenvalue weighted by Crippen LogP contribution is 2.36. The molecule has 1 unspecified atom stereocenters.